The average Bonchev–Trinajstić information content (AvgIpc) is 3.26. The number of pyridine rings is 1. The van der Waals surface area contributed by atoms with Gasteiger partial charge in [-0.3, -0.25) is 9.59 Å². The first-order chi connectivity index (χ1) is 15.2. The number of hydrogen-bond donors (Lipinski definition) is 0. The molecule has 2 aromatic heterocycles. The van der Waals surface area contributed by atoms with E-state index in [9.17, 15) is 9.59 Å². The summed E-state index contributed by atoms with van der Waals surface area (Å²) in [6.07, 6.45) is 1.60. The number of nitrogens with zero attached hydrogens (tertiary/aromatic N) is 3. The number of anilines is 1. The first kappa shape index (κ1) is 17.6. The summed E-state index contributed by atoms with van der Waals surface area (Å²) in [5, 5.41) is 2.20. The molecule has 1 aliphatic rings. The molecule has 0 unspecified atom stereocenters. The van der Waals surface area contributed by atoms with Gasteiger partial charge in [-0.05, 0) is 42.8 Å². The van der Waals surface area contributed by atoms with Crippen LogP contribution in [0.25, 0.3) is 27.5 Å². The fourth-order valence-corrected chi connectivity index (χ4v) is 4.54. The summed E-state index contributed by atoms with van der Waals surface area (Å²) in [6.45, 7) is 1.85. The third-order valence-electron chi connectivity index (χ3n) is 5.91. The van der Waals surface area contributed by atoms with Crippen molar-refractivity contribution in [1.82, 2.24) is 9.55 Å². The van der Waals surface area contributed by atoms with Gasteiger partial charge < -0.3 is 4.57 Å². The van der Waals surface area contributed by atoms with E-state index >= 15 is 0 Å². The Bertz CT molecular complexity index is 1490. The summed E-state index contributed by atoms with van der Waals surface area (Å²) < 4.78 is 2.07. The molecule has 0 fully saturated rings. The lowest BCUT2D eigenvalue weighted by atomic mass is 10.1. The van der Waals surface area contributed by atoms with Crippen molar-refractivity contribution in [3.05, 3.63) is 102 Å². The molecule has 1 aliphatic heterocycles. The van der Waals surface area contributed by atoms with Crippen molar-refractivity contribution in [3.63, 3.8) is 0 Å². The van der Waals surface area contributed by atoms with E-state index in [2.05, 4.69) is 21.7 Å². The van der Waals surface area contributed by atoms with Gasteiger partial charge in [0, 0.05) is 17.0 Å². The number of imide groups is 1. The minimum absolute atomic E-state index is 0.343. The molecule has 3 heterocycles. The second-order valence-electron chi connectivity index (χ2n) is 7.66. The summed E-state index contributed by atoms with van der Waals surface area (Å²) in [5.74, 6) is -0.314. The SMILES string of the molecule is Cc1cccnc1N1C(=O)c2cccc(-n3c4ccccc4c4ccccc43)c2C1=O. The Morgan fingerprint density at radius 1 is 0.710 bits per heavy atom. The number of aromatic nitrogens is 2. The van der Waals surface area contributed by atoms with Gasteiger partial charge in [0.2, 0.25) is 0 Å². The Labute approximate surface area is 178 Å². The number of aryl methyl sites for hydroxylation is 1. The van der Waals surface area contributed by atoms with Gasteiger partial charge in [-0.15, -0.1) is 0 Å². The molecular formula is C26H17N3O2. The van der Waals surface area contributed by atoms with Crippen molar-refractivity contribution in [3.8, 4) is 5.69 Å². The largest absolute Gasteiger partial charge is 0.308 e. The van der Waals surface area contributed by atoms with Crippen LogP contribution in [-0.2, 0) is 0 Å². The van der Waals surface area contributed by atoms with E-state index in [0.717, 1.165) is 27.4 Å². The van der Waals surface area contributed by atoms with Gasteiger partial charge in [-0.25, -0.2) is 9.88 Å². The van der Waals surface area contributed by atoms with Crippen LogP contribution < -0.4 is 4.90 Å². The molecule has 31 heavy (non-hydrogen) atoms. The Balaban J connectivity index is 1.66. The quantitative estimate of drug-likeness (QED) is 0.377. The third kappa shape index (κ3) is 2.34. The highest BCUT2D eigenvalue weighted by molar-refractivity contribution is 6.35. The van der Waals surface area contributed by atoms with Crippen molar-refractivity contribution < 1.29 is 9.59 Å². The molecular weight excluding hydrogens is 386 g/mol. The summed E-state index contributed by atoms with van der Waals surface area (Å²) in [5.41, 5.74) is 4.26. The molecule has 0 spiro atoms. The highest BCUT2D eigenvalue weighted by atomic mass is 16.2. The summed E-state index contributed by atoms with van der Waals surface area (Å²) in [6, 6.07) is 25.3. The van der Waals surface area contributed by atoms with Crippen LogP contribution in [0.2, 0.25) is 0 Å². The van der Waals surface area contributed by atoms with Gasteiger partial charge >= 0.3 is 0 Å². The predicted octanol–water partition coefficient (Wildman–Crippen LogP) is 5.29. The third-order valence-corrected chi connectivity index (χ3v) is 5.91. The molecule has 0 saturated heterocycles. The van der Waals surface area contributed by atoms with Crippen molar-refractivity contribution in [2.75, 3.05) is 4.90 Å². The van der Waals surface area contributed by atoms with E-state index in [1.807, 2.05) is 61.5 Å². The Hall–Kier alpha value is -4.25. The van der Waals surface area contributed by atoms with Gasteiger partial charge in [-0.1, -0.05) is 48.5 Å². The molecule has 6 rings (SSSR count). The zero-order valence-corrected chi connectivity index (χ0v) is 16.7. The van der Waals surface area contributed by atoms with Gasteiger partial charge in [0.05, 0.1) is 27.8 Å². The van der Waals surface area contributed by atoms with Crippen LogP contribution in [0.4, 0.5) is 5.82 Å². The molecule has 3 aromatic carbocycles. The minimum Gasteiger partial charge on any atom is -0.308 e. The molecule has 0 aliphatic carbocycles. The maximum atomic E-state index is 13.6. The highest BCUT2D eigenvalue weighted by Crippen LogP contribution is 2.37. The summed E-state index contributed by atoms with van der Waals surface area (Å²) in [4.78, 5) is 32.4. The average molecular weight is 403 g/mol. The fourth-order valence-electron chi connectivity index (χ4n) is 4.54. The first-order valence-corrected chi connectivity index (χ1v) is 10.1. The van der Waals surface area contributed by atoms with E-state index in [0.29, 0.717) is 22.6 Å². The lowest BCUT2D eigenvalue weighted by Crippen LogP contribution is -2.31. The number of carbonyl (C=O) groups excluding carboxylic acids is 2. The standard InChI is InChI=1S/C26H17N3O2/c1-16-8-7-15-27-24(16)29-25(30)19-11-6-14-22(23(19)26(29)31)28-20-12-4-2-9-17(20)18-10-3-5-13-21(18)28/h2-15H,1H3. The predicted molar refractivity (Wildman–Crippen MR) is 121 cm³/mol. The number of benzene rings is 3. The molecule has 0 atom stereocenters. The molecule has 5 nitrogen and oxygen atoms in total. The van der Waals surface area contributed by atoms with Crippen molar-refractivity contribution >= 4 is 39.4 Å². The molecule has 2 amide bonds. The number of carbonyl (C=O) groups is 2. The number of hydrogen-bond acceptors (Lipinski definition) is 3. The minimum atomic E-state index is -0.348. The van der Waals surface area contributed by atoms with E-state index in [-0.39, 0.29) is 11.8 Å². The molecule has 148 valence electrons. The van der Waals surface area contributed by atoms with Crippen molar-refractivity contribution in [2.24, 2.45) is 0 Å². The second kappa shape index (κ2) is 6.37. The first-order valence-electron chi connectivity index (χ1n) is 10.1. The lowest BCUT2D eigenvalue weighted by molar-refractivity contribution is 0.0925. The Morgan fingerprint density at radius 2 is 1.39 bits per heavy atom. The topological polar surface area (TPSA) is 55.2 Å². The number of amides is 2. The summed E-state index contributed by atoms with van der Waals surface area (Å²) in [7, 11) is 0. The lowest BCUT2D eigenvalue weighted by Gasteiger charge is -2.15. The second-order valence-corrected chi connectivity index (χ2v) is 7.66. The molecule has 0 saturated carbocycles. The zero-order valence-electron chi connectivity index (χ0n) is 16.7. The fraction of sp³-hybridized carbons (Fsp3) is 0.0385. The zero-order chi connectivity index (χ0) is 21.1. The van der Waals surface area contributed by atoms with Gasteiger partial charge in [0.1, 0.15) is 5.82 Å². The van der Waals surface area contributed by atoms with Crippen LogP contribution in [0.5, 0.6) is 0 Å². The maximum absolute atomic E-state index is 13.6. The van der Waals surface area contributed by atoms with Gasteiger partial charge in [0.25, 0.3) is 11.8 Å². The van der Waals surface area contributed by atoms with E-state index in [4.69, 9.17) is 0 Å². The number of fused-ring (bicyclic) bond motifs is 4. The van der Waals surface area contributed by atoms with Crippen LogP contribution in [0.3, 0.4) is 0 Å². The van der Waals surface area contributed by atoms with E-state index < -0.39 is 0 Å². The van der Waals surface area contributed by atoms with Crippen LogP contribution in [0.1, 0.15) is 26.3 Å². The van der Waals surface area contributed by atoms with Gasteiger partial charge in [0.15, 0.2) is 0 Å². The monoisotopic (exact) mass is 403 g/mol. The maximum Gasteiger partial charge on any atom is 0.269 e. The van der Waals surface area contributed by atoms with Crippen molar-refractivity contribution in [2.45, 2.75) is 6.92 Å². The molecule has 5 aromatic rings. The molecule has 0 bridgehead atoms. The molecule has 5 heteroatoms. The van der Waals surface area contributed by atoms with E-state index in [1.165, 1.54) is 4.90 Å². The van der Waals surface area contributed by atoms with Crippen LogP contribution in [0, 0.1) is 6.92 Å². The number of para-hydroxylation sites is 2. The van der Waals surface area contributed by atoms with Crippen LogP contribution >= 0.6 is 0 Å². The Kier molecular flexibility index (Phi) is 3.62. The molecule has 0 N–H and O–H groups in total. The van der Waals surface area contributed by atoms with E-state index in [1.54, 1.807) is 18.3 Å². The van der Waals surface area contributed by atoms with Crippen LogP contribution in [0.15, 0.2) is 85.1 Å². The number of rotatable bonds is 2. The Morgan fingerprint density at radius 3 is 2.06 bits per heavy atom. The summed E-state index contributed by atoms with van der Waals surface area (Å²) >= 11 is 0. The van der Waals surface area contributed by atoms with Crippen molar-refractivity contribution in [1.29, 1.82) is 0 Å². The van der Waals surface area contributed by atoms with Gasteiger partial charge in [-0.2, -0.15) is 0 Å². The molecule has 0 radical (unpaired) electrons. The highest BCUT2D eigenvalue weighted by Gasteiger charge is 2.40. The normalized spacial score (nSPS) is 13.4. The van der Waals surface area contributed by atoms with Crippen LogP contribution in [-0.4, -0.2) is 21.4 Å². The smallest absolute Gasteiger partial charge is 0.269 e.